The monoisotopic (exact) mass is 1220 g/mol. The number of ketones is 2. The van der Waals surface area contributed by atoms with E-state index in [9.17, 15) is 70.9 Å². The maximum Gasteiger partial charge on any atom is 1.00 e. The molecule has 2 saturated carbocycles. The second-order valence-corrected chi connectivity index (χ2v) is 19.8. The van der Waals surface area contributed by atoms with Crippen LogP contribution in [-0.2, 0) is 53.8 Å². The molecule has 4 aromatic carbocycles. The molecule has 2 aliphatic rings. The van der Waals surface area contributed by atoms with Crippen LogP contribution in [0.5, 0.6) is 0 Å². The number of nitrogens with one attached hydrogen (secondary N) is 3. The number of rotatable bonds is 21. The molecule has 0 radical (unpaired) electrons. The number of amides is 1. The van der Waals surface area contributed by atoms with Crippen molar-refractivity contribution >= 4 is 91.3 Å². The zero-order chi connectivity index (χ0) is 61.0. The summed E-state index contributed by atoms with van der Waals surface area (Å²) < 4.78 is 101. The number of aliphatic carboxylic acids is 1. The first-order chi connectivity index (χ1) is 39.4. The van der Waals surface area contributed by atoms with Crippen LogP contribution in [0.15, 0.2) is 93.8 Å². The van der Waals surface area contributed by atoms with Gasteiger partial charge in [0.1, 0.15) is 39.8 Å². The van der Waals surface area contributed by atoms with E-state index in [0.717, 1.165) is 60.7 Å². The van der Waals surface area contributed by atoms with Crippen LogP contribution < -0.4 is 45.7 Å². The van der Waals surface area contributed by atoms with Gasteiger partial charge in [0.15, 0.2) is 5.78 Å². The van der Waals surface area contributed by atoms with E-state index in [2.05, 4.69) is 16.0 Å². The minimum atomic E-state index is -4.84. The quantitative estimate of drug-likeness (QED) is 0.0131. The van der Waals surface area contributed by atoms with Crippen LogP contribution in [0.1, 0.15) is 101 Å². The molecular weight excluding hydrogens is 1160 g/mol. The summed E-state index contributed by atoms with van der Waals surface area (Å²) in [6, 6.07) is 19.7. The van der Waals surface area contributed by atoms with Crippen molar-refractivity contribution in [2.75, 3.05) is 36.9 Å². The first-order valence-electron chi connectivity index (χ1n) is 26.5. The summed E-state index contributed by atoms with van der Waals surface area (Å²) in [4.78, 5) is 65.0. The topological polar surface area (TPSA) is 284 Å². The van der Waals surface area contributed by atoms with E-state index in [0.29, 0.717) is 71.6 Å². The average molecular weight is 1220 g/mol. The molecule has 2 fully saturated rings. The number of fused-ring (bicyclic) bond motifs is 2. The Balaban J connectivity index is 0.000000291. The van der Waals surface area contributed by atoms with Gasteiger partial charge in [-0.2, -0.15) is 26.3 Å². The van der Waals surface area contributed by atoms with Crippen molar-refractivity contribution in [3.63, 3.8) is 0 Å². The number of hydrogen-bond acceptors (Lipinski definition) is 16. The number of furan rings is 2. The van der Waals surface area contributed by atoms with E-state index in [1.807, 2.05) is 13.8 Å². The van der Waals surface area contributed by atoms with Crippen molar-refractivity contribution in [2.45, 2.75) is 128 Å². The fourth-order valence-electron chi connectivity index (χ4n) is 9.04. The second-order valence-electron chi connectivity index (χ2n) is 18.9. The number of Topliss-reactive ketones (excluding diaryl/α,β-unsaturated/α-hetero) is 2. The van der Waals surface area contributed by atoms with Gasteiger partial charge in [0.2, 0.25) is 5.78 Å². The van der Waals surface area contributed by atoms with Crippen molar-refractivity contribution in [1.29, 1.82) is 0 Å². The molecule has 5 N–H and O–H groups in total. The molecule has 0 spiro atoms. The van der Waals surface area contributed by atoms with Crippen LogP contribution in [0, 0.1) is 20.2 Å². The number of anilines is 2. The van der Waals surface area contributed by atoms with Gasteiger partial charge in [-0.3, -0.25) is 34.6 Å². The molecule has 2 aromatic heterocycles. The summed E-state index contributed by atoms with van der Waals surface area (Å²) in [7, 11) is 0. The summed E-state index contributed by atoms with van der Waals surface area (Å²) in [6.45, 7) is 5.33. The summed E-state index contributed by atoms with van der Waals surface area (Å²) in [5.74, 6) is -2.72. The van der Waals surface area contributed by atoms with Crippen LogP contribution in [0.25, 0.3) is 21.9 Å². The third-order valence-electron chi connectivity index (χ3n) is 13.0. The number of carbonyl (C=O) groups excluding carboxylic acids is 4. The van der Waals surface area contributed by atoms with Gasteiger partial charge in [-0.1, -0.05) is 37.0 Å². The molecule has 8 rings (SSSR count). The Kier molecular flexibility index (Phi) is 27.5. The van der Waals surface area contributed by atoms with Gasteiger partial charge in [0, 0.05) is 95.2 Å². The summed E-state index contributed by atoms with van der Waals surface area (Å²) in [5, 5.41) is 43.3. The molecule has 450 valence electrons. The van der Waals surface area contributed by atoms with Crippen LogP contribution in [-0.4, -0.2) is 83.9 Å². The summed E-state index contributed by atoms with van der Waals surface area (Å²) >= 11 is 11.8. The number of ether oxygens (including phenoxy) is 2. The predicted molar refractivity (Wildman–Crippen MR) is 295 cm³/mol. The number of hydrogen-bond donors (Lipinski definition) is 4. The number of carbonyl (C=O) groups is 4. The summed E-state index contributed by atoms with van der Waals surface area (Å²) in [5.41, 5.74) is 2.64. The standard InChI is InChI=1S/C27H27ClF3N3O6.C15H20F3N3O3.C12H9ClO4.C2H6.Li/c28-17-1-10-25-16(13-17)14-21(40-25)7-9-24(35)26(36)32-11-12-39-20-5-2-18(3-6-20)33-19-4-8-23(34(37)38)22(15-19)27(29,30)31;16-15(17,18)13-9-11(3-6-14(13)21(22)23)20-10-1-4-12(5-2-10)24-8-7-19;13-8-1-4-11-7(5-8)6-9(17-11)2-3-10(14)12(15)16;1-2;/h1,4,8,10,13-15,18,20,33H,2-3,5-7,9,11-12H2,(H,32,36);3,6,9-10,12,20H,1-2,4-5,7-8,19H2;1,4-6H,2-3H2,(H,15,16);1-2H3;/q;;;;+1/p-1. The van der Waals surface area contributed by atoms with E-state index >= 15 is 0 Å². The Labute approximate surface area is 500 Å². The molecule has 2 aliphatic carbocycles. The van der Waals surface area contributed by atoms with Crippen molar-refractivity contribution in [3.05, 3.63) is 138 Å². The molecule has 1 amide bonds. The number of benzene rings is 4. The minimum Gasteiger partial charge on any atom is -0.542 e. The fourth-order valence-corrected chi connectivity index (χ4v) is 9.40. The molecule has 84 heavy (non-hydrogen) atoms. The van der Waals surface area contributed by atoms with Crippen molar-refractivity contribution in [1.82, 2.24) is 5.32 Å². The normalized spacial score (nSPS) is 16.7. The second kappa shape index (κ2) is 33.1. The number of nitrogens with two attached hydrogens (primary N) is 1. The van der Waals surface area contributed by atoms with Gasteiger partial charge >= 0.3 is 31.2 Å². The average Bonchev–Trinajstić information content (AvgIpc) is 4.19. The molecule has 0 unspecified atom stereocenters. The number of nitro benzene ring substituents is 2. The molecule has 0 atom stereocenters. The van der Waals surface area contributed by atoms with Crippen LogP contribution in [0.3, 0.4) is 0 Å². The fraction of sp³-hybridized carbons (Fsp3) is 0.429. The zero-order valence-corrected chi connectivity index (χ0v) is 47.5. The van der Waals surface area contributed by atoms with Crippen molar-refractivity contribution < 1.29 is 97.6 Å². The molecule has 0 aliphatic heterocycles. The van der Waals surface area contributed by atoms with Crippen molar-refractivity contribution in [2.24, 2.45) is 5.73 Å². The van der Waals surface area contributed by atoms with Crippen molar-refractivity contribution in [3.8, 4) is 0 Å². The predicted octanol–water partition coefficient (Wildman–Crippen LogP) is 8.75. The first-order valence-corrected chi connectivity index (χ1v) is 27.2. The van der Waals surface area contributed by atoms with Gasteiger partial charge < -0.3 is 49.9 Å². The number of carboxylic acids is 1. The van der Waals surface area contributed by atoms with Gasteiger partial charge in [0.25, 0.3) is 17.3 Å². The molecule has 19 nitrogen and oxygen atoms in total. The first kappa shape index (κ1) is 69.8. The number of carboxylic acid groups (broad SMARTS) is 1. The number of aryl methyl sites for hydroxylation is 2. The maximum atomic E-state index is 13.2. The SMILES string of the molecule is CC.NCCOC1CCC(Nc2ccc([N+](=O)[O-])c(C(F)(F)F)c2)CC1.O=C(CCc1cc2cc(Cl)ccc2o1)C(=O)NCCOC1CCC(Nc2ccc([N+](=O)[O-])c(C(F)(F)F)c2)CC1.O=C([O-])C(=O)CCc1cc2cc(Cl)ccc2o1.[Li+]. The Morgan fingerprint density at radius 3 is 1.40 bits per heavy atom. The number of nitro groups is 2. The molecule has 0 bridgehead atoms. The Hall–Kier alpha value is -6.72. The van der Waals surface area contributed by atoms with Gasteiger partial charge in [-0.15, -0.1) is 0 Å². The molecule has 6 aromatic rings. The third kappa shape index (κ3) is 21.7. The Bertz CT molecular complexity index is 3180. The largest absolute Gasteiger partial charge is 1.00 e. The Morgan fingerprint density at radius 2 is 1.02 bits per heavy atom. The molecule has 28 heteroatoms. The zero-order valence-electron chi connectivity index (χ0n) is 46.0. The smallest absolute Gasteiger partial charge is 0.542 e. The van der Waals surface area contributed by atoms with Crippen LogP contribution in [0.4, 0.5) is 49.1 Å². The molecule has 2 heterocycles. The van der Waals surface area contributed by atoms with E-state index in [1.165, 1.54) is 12.1 Å². The van der Waals surface area contributed by atoms with E-state index in [-0.39, 0.29) is 93.4 Å². The molecular formula is C56H61Cl2F6LiN6O13. The Morgan fingerprint density at radius 1 is 0.619 bits per heavy atom. The summed E-state index contributed by atoms with van der Waals surface area (Å²) in [6.07, 6.45) is -3.51. The van der Waals surface area contributed by atoms with Gasteiger partial charge in [-0.25, -0.2) is 0 Å². The third-order valence-corrected chi connectivity index (χ3v) is 13.5. The molecule has 0 saturated heterocycles. The van der Waals surface area contributed by atoms with E-state index in [1.54, 1.807) is 48.5 Å². The van der Waals surface area contributed by atoms with Crippen LogP contribution >= 0.6 is 23.2 Å². The number of nitrogens with zero attached hydrogens (tertiary/aromatic N) is 2. The van der Waals surface area contributed by atoms with E-state index < -0.39 is 68.1 Å². The van der Waals surface area contributed by atoms with Gasteiger partial charge in [-0.05, 0) is 124 Å². The number of alkyl halides is 6. The van der Waals surface area contributed by atoms with Gasteiger partial charge in [0.05, 0.1) is 35.3 Å². The maximum absolute atomic E-state index is 13.2. The minimum absolute atomic E-state index is 0. The van der Waals surface area contributed by atoms with Crippen LogP contribution in [0.2, 0.25) is 10.0 Å². The van der Waals surface area contributed by atoms with E-state index in [4.69, 9.17) is 47.2 Å². The number of halogens is 8.